The topological polar surface area (TPSA) is 58.2 Å². The maximum atomic E-state index is 12.9. The van der Waals surface area contributed by atoms with Gasteiger partial charge in [0.15, 0.2) is 18.4 Å². The van der Waals surface area contributed by atoms with Gasteiger partial charge in [-0.25, -0.2) is 0 Å². The van der Waals surface area contributed by atoms with Crippen molar-refractivity contribution >= 4 is 17.4 Å². The van der Waals surface area contributed by atoms with Crippen LogP contribution in [0.2, 0.25) is 0 Å². The fraction of sp³-hybridized carbons (Fsp3) is 0.680. The lowest BCUT2D eigenvalue weighted by molar-refractivity contribution is -0.896. The second-order valence-corrected chi connectivity index (χ2v) is 8.97. The molecule has 6 heteroatoms. The first-order chi connectivity index (χ1) is 14.4. The number of quaternary nitrogens is 1. The average Bonchev–Trinajstić information content (AvgIpc) is 2.70. The molecular formula is C25H44ClN3O2. The van der Waals surface area contributed by atoms with Crippen LogP contribution in [0.25, 0.3) is 0 Å². The zero-order valence-electron chi connectivity index (χ0n) is 20.1. The molecule has 1 atom stereocenters. The second-order valence-electron chi connectivity index (χ2n) is 8.97. The fourth-order valence-corrected chi connectivity index (χ4v) is 3.92. The minimum atomic E-state index is -0.217. The van der Waals surface area contributed by atoms with E-state index in [1.807, 2.05) is 51.5 Å². The monoisotopic (exact) mass is 453 g/mol. The van der Waals surface area contributed by atoms with E-state index in [4.69, 9.17) is 0 Å². The smallest absolute Gasteiger partial charge is 0.279 e. The summed E-state index contributed by atoms with van der Waals surface area (Å²) in [5.41, 5.74) is 0.786. The van der Waals surface area contributed by atoms with E-state index >= 15 is 0 Å². The van der Waals surface area contributed by atoms with Gasteiger partial charge in [-0.3, -0.25) is 9.59 Å². The maximum Gasteiger partial charge on any atom is 0.279 e. The molecule has 2 N–H and O–H groups in total. The van der Waals surface area contributed by atoms with Crippen LogP contribution in [0.5, 0.6) is 0 Å². The van der Waals surface area contributed by atoms with Crippen LogP contribution < -0.4 is 23.0 Å². The predicted octanol–water partition coefficient (Wildman–Crippen LogP) is 1.78. The molecule has 0 aliphatic carbocycles. The van der Waals surface area contributed by atoms with Crippen molar-refractivity contribution in [3.63, 3.8) is 0 Å². The number of carbonyl (C=O) groups excluding carboxylic acids is 2. The van der Waals surface area contributed by atoms with Gasteiger partial charge in [0.25, 0.3) is 5.91 Å². The Kier molecular flexibility index (Phi) is 16.4. The predicted molar refractivity (Wildman–Crippen MR) is 127 cm³/mol. The molecule has 0 aromatic heterocycles. The minimum absolute atomic E-state index is 0. The third-order valence-electron chi connectivity index (χ3n) is 5.75. The first-order valence-corrected chi connectivity index (χ1v) is 11.8. The summed E-state index contributed by atoms with van der Waals surface area (Å²) in [6, 6.07) is 9.24. The first-order valence-electron chi connectivity index (χ1n) is 11.8. The number of carbonyl (C=O) groups is 2. The van der Waals surface area contributed by atoms with Crippen molar-refractivity contribution in [2.75, 3.05) is 39.5 Å². The van der Waals surface area contributed by atoms with Gasteiger partial charge in [-0.1, -0.05) is 76.5 Å². The summed E-state index contributed by atoms with van der Waals surface area (Å²) < 4.78 is 0.357. The van der Waals surface area contributed by atoms with E-state index in [-0.39, 0.29) is 36.7 Å². The number of likely N-dealkylation sites (N-methyl/N-ethyl adjacent to an activating group) is 2. The third-order valence-corrected chi connectivity index (χ3v) is 5.75. The zero-order chi connectivity index (χ0) is 22.2. The highest BCUT2D eigenvalue weighted by atomic mass is 35.5. The molecule has 5 nitrogen and oxygen atoms in total. The quantitative estimate of drug-likeness (QED) is 0.279. The van der Waals surface area contributed by atoms with E-state index < -0.39 is 0 Å². The fourth-order valence-electron chi connectivity index (χ4n) is 3.92. The highest BCUT2D eigenvalue weighted by molar-refractivity contribution is 5.92. The van der Waals surface area contributed by atoms with Crippen LogP contribution >= 0.6 is 0 Å². The number of ketones is 1. The van der Waals surface area contributed by atoms with E-state index in [0.29, 0.717) is 17.4 Å². The van der Waals surface area contributed by atoms with Crippen LogP contribution in [0.3, 0.4) is 0 Å². The largest absolute Gasteiger partial charge is 1.00 e. The van der Waals surface area contributed by atoms with Gasteiger partial charge >= 0.3 is 0 Å². The van der Waals surface area contributed by atoms with E-state index in [1.165, 1.54) is 44.9 Å². The number of Topliss-reactive ketones (excluding diaryl/α,β-unsaturated/α-hetero) is 1. The normalized spacial score (nSPS) is 12.1. The lowest BCUT2D eigenvalue weighted by Gasteiger charge is -2.36. The standard InChI is InChI=1S/C25H43N3O2.ClH/c1-5-6-7-8-9-10-11-12-16-19-24(29)23(20-26-2)28(3,4)21-25(30)27-22-17-14-13-15-18-22;/h13-15,17-18,23,26H,5-12,16,19-21H2,1-4H3;1H. The summed E-state index contributed by atoms with van der Waals surface area (Å²) in [5, 5.41) is 6.08. The third kappa shape index (κ3) is 12.9. The Morgan fingerprint density at radius 2 is 1.45 bits per heavy atom. The molecule has 0 heterocycles. The van der Waals surface area contributed by atoms with Crippen molar-refractivity contribution in [1.29, 1.82) is 0 Å². The van der Waals surface area contributed by atoms with Crippen LogP contribution in [-0.4, -0.2) is 56.4 Å². The van der Waals surface area contributed by atoms with Crippen LogP contribution in [-0.2, 0) is 9.59 Å². The van der Waals surface area contributed by atoms with Gasteiger partial charge in [-0.15, -0.1) is 0 Å². The minimum Gasteiger partial charge on any atom is -1.00 e. The van der Waals surface area contributed by atoms with Gasteiger partial charge in [0, 0.05) is 12.1 Å². The summed E-state index contributed by atoms with van der Waals surface area (Å²) >= 11 is 0. The lowest BCUT2D eigenvalue weighted by Crippen LogP contribution is -3.00. The molecule has 0 aliphatic rings. The molecule has 0 spiro atoms. The SMILES string of the molecule is CCCCCCCCCCCC(=O)C(CNC)[N+](C)(C)CC(=O)Nc1ccccc1.[Cl-]. The molecule has 0 radical (unpaired) electrons. The Labute approximate surface area is 196 Å². The van der Waals surface area contributed by atoms with Crippen molar-refractivity contribution in [3.05, 3.63) is 30.3 Å². The van der Waals surface area contributed by atoms with Crippen LogP contribution in [0.15, 0.2) is 30.3 Å². The molecule has 0 saturated carbocycles. The van der Waals surface area contributed by atoms with Crippen LogP contribution in [0, 0.1) is 0 Å². The van der Waals surface area contributed by atoms with Gasteiger partial charge in [-0.2, -0.15) is 0 Å². The summed E-state index contributed by atoms with van der Waals surface area (Å²) in [5.74, 6) is 0.188. The van der Waals surface area contributed by atoms with E-state index in [0.717, 1.165) is 18.5 Å². The number of nitrogens with zero attached hydrogens (tertiary/aromatic N) is 1. The van der Waals surface area contributed by atoms with Crippen molar-refractivity contribution in [3.8, 4) is 0 Å². The van der Waals surface area contributed by atoms with Gasteiger partial charge < -0.3 is 27.5 Å². The number of amides is 1. The van der Waals surface area contributed by atoms with E-state index in [9.17, 15) is 9.59 Å². The highest BCUT2D eigenvalue weighted by Gasteiger charge is 2.35. The Balaban J connectivity index is 0.00000900. The van der Waals surface area contributed by atoms with Gasteiger partial charge in [-0.05, 0) is 25.6 Å². The Hall–Kier alpha value is -1.43. The summed E-state index contributed by atoms with van der Waals surface area (Å²) in [4.78, 5) is 25.5. The molecule has 0 bridgehead atoms. The number of rotatable bonds is 17. The number of halogens is 1. The number of nitrogens with one attached hydrogen (secondary N) is 2. The van der Waals surface area contributed by atoms with Crippen molar-refractivity contribution in [2.45, 2.75) is 77.2 Å². The summed E-state index contributed by atoms with van der Waals surface area (Å²) in [6.07, 6.45) is 11.8. The van der Waals surface area contributed by atoms with Gasteiger partial charge in [0.05, 0.1) is 20.6 Å². The number of anilines is 1. The van der Waals surface area contributed by atoms with E-state index in [2.05, 4.69) is 17.6 Å². The molecule has 1 aromatic carbocycles. The molecule has 0 fully saturated rings. The molecule has 0 saturated heterocycles. The van der Waals surface area contributed by atoms with Crippen molar-refractivity contribution < 1.29 is 26.5 Å². The molecule has 0 aliphatic heterocycles. The number of hydrogen-bond acceptors (Lipinski definition) is 3. The number of hydrogen-bond donors (Lipinski definition) is 2. The molecule has 1 unspecified atom stereocenters. The molecule has 1 amide bonds. The maximum absolute atomic E-state index is 12.9. The second kappa shape index (κ2) is 17.2. The number of unbranched alkanes of at least 4 members (excludes halogenated alkanes) is 8. The van der Waals surface area contributed by atoms with Crippen LogP contribution in [0.4, 0.5) is 5.69 Å². The summed E-state index contributed by atoms with van der Waals surface area (Å²) in [7, 11) is 5.81. The number of para-hydroxylation sites is 1. The molecule has 31 heavy (non-hydrogen) atoms. The van der Waals surface area contributed by atoms with Crippen molar-refractivity contribution in [2.24, 2.45) is 0 Å². The molecule has 1 rings (SSSR count). The molecular weight excluding hydrogens is 410 g/mol. The van der Waals surface area contributed by atoms with Crippen LogP contribution in [0.1, 0.15) is 71.1 Å². The highest BCUT2D eigenvalue weighted by Crippen LogP contribution is 2.15. The Morgan fingerprint density at radius 3 is 2.00 bits per heavy atom. The van der Waals surface area contributed by atoms with Crippen molar-refractivity contribution in [1.82, 2.24) is 5.32 Å². The van der Waals surface area contributed by atoms with Gasteiger partial charge in [0.2, 0.25) is 0 Å². The first kappa shape index (κ1) is 29.6. The zero-order valence-corrected chi connectivity index (χ0v) is 20.8. The Bertz CT molecular complexity index is 608. The molecule has 1 aromatic rings. The lowest BCUT2D eigenvalue weighted by atomic mass is 10.0. The average molecular weight is 454 g/mol. The summed E-state index contributed by atoms with van der Waals surface area (Å²) in [6.45, 7) is 3.10. The van der Waals surface area contributed by atoms with E-state index in [1.54, 1.807) is 0 Å². The molecule has 178 valence electrons. The number of benzene rings is 1. The van der Waals surface area contributed by atoms with Gasteiger partial charge in [0.1, 0.15) is 0 Å². The Morgan fingerprint density at radius 1 is 0.903 bits per heavy atom.